The number of nitrogens with zero attached hydrogens (tertiary/aromatic N) is 1. The van der Waals surface area contributed by atoms with Gasteiger partial charge in [-0.1, -0.05) is 18.2 Å². The number of anilines is 2. The Hall–Kier alpha value is -4.13. The molecule has 0 unspecified atom stereocenters. The average Bonchev–Trinajstić information content (AvgIpc) is 3.46. The predicted octanol–water partition coefficient (Wildman–Crippen LogP) is 4.12. The van der Waals surface area contributed by atoms with Crippen LogP contribution in [0.3, 0.4) is 0 Å². The number of nitrogens with one attached hydrogen (secondary N) is 2. The predicted molar refractivity (Wildman–Crippen MR) is 122 cm³/mol. The second kappa shape index (κ2) is 9.34. The second-order valence-electron chi connectivity index (χ2n) is 7.50. The normalized spacial score (nSPS) is 13.8. The highest BCUT2D eigenvalue weighted by Gasteiger charge is 2.23. The van der Waals surface area contributed by atoms with Crippen molar-refractivity contribution >= 4 is 35.2 Å². The van der Waals surface area contributed by atoms with E-state index in [-0.39, 0.29) is 11.6 Å². The van der Waals surface area contributed by atoms with Crippen molar-refractivity contribution in [1.82, 2.24) is 5.32 Å². The molecule has 0 saturated carbocycles. The molecule has 3 amide bonds. The summed E-state index contributed by atoms with van der Waals surface area (Å²) in [5.41, 5.74) is 2.76. The van der Waals surface area contributed by atoms with Crippen molar-refractivity contribution in [2.75, 3.05) is 16.8 Å². The van der Waals surface area contributed by atoms with Gasteiger partial charge >= 0.3 is 0 Å². The zero-order chi connectivity index (χ0) is 22.5. The van der Waals surface area contributed by atoms with E-state index in [0.717, 1.165) is 17.7 Å². The number of amides is 3. The molecule has 2 aromatic carbocycles. The number of hydrogen-bond acceptors (Lipinski definition) is 4. The number of hydrogen-bond donors (Lipinski definition) is 2. The maximum absolute atomic E-state index is 13.0. The number of benzene rings is 2. The van der Waals surface area contributed by atoms with Crippen molar-refractivity contribution in [1.29, 1.82) is 0 Å². The van der Waals surface area contributed by atoms with E-state index in [1.807, 2.05) is 25.1 Å². The monoisotopic (exact) mass is 429 g/mol. The molecule has 1 aliphatic heterocycles. The van der Waals surface area contributed by atoms with Crippen LogP contribution in [0.15, 0.2) is 77.0 Å². The molecule has 1 fully saturated rings. The fourth-order valence-electron chi connectivity index (χ4n) is 3.60. The summed E-state index contributed by atoms with van der Waals surface area (Å²) in [5.74, 6) is -0.354. The first-order valence-corrected chi connectivity index (χ1v) is 10.4. The average molecular weight is 429 g/mol. The molecule has 2 N–H and O–H groups in total. The first-order chi connectivity index (χ1) is 15.5. The third kappa shape index (κ3) is 4.78. The Morgan fingerprint density at radius 1 is 1.06 bits per heavy atom. The topological polar surface area (TPSA) is 91.7 Å². The van der Waals surface area contributed by atoms with Crippen LogP contribution in [0, 0.1) is 6.92 Å². The van der Waals surface area contributed by atoms with Crippen LogP contribution < -0.4 is 15.5 Å². The number of aryl methyl sites for hydroxylation is 1. The van der Waals surface area contributed by atoms with Gasteiger partial charge in [-0.2, -0.15) is 0 Å². The van der Waals surface area contributed by atoms with Crippen molar-refractivity contribution in [3.05, 3.63) is 89.5 Å². The Kier molecular flexibility index (Phi) is 6.17. The molecule has 2 heterocycles. The minimum atomic E-state index is -0.491. The molecule has 7 heteroatoms. The minimum absolute atomic E-state index is 0.0465. The summed E-state index contributed by atoms with van der Waals surface area (Å²) in [6.07, 6.45) is 4.36. The highest BCUT2D eigenvalue weighted by Crippen LogP contribution is 2.27. The van der Waals surface area contributed by atoms with E-state index in [9.17, 15) is 14.4 Å². The van der Waals surface area contributed by atoms with Gasteiger partial charge < -0.3 is 20.0 Å². The van der Waals surface area contributed by atoms with Gasteiger partial charge in [-0.15, -0.1) is 0 Å². The maximum atomic E-state index is 13.0. The molecular formula is C25H23N3O4. The first-order valence-electron chi connectivity index (χ1n) is 10.4. The molecule has 1 aliphatic rings. The Labute approximate surface area is 185 Å². The van der Waals surface area contributed by atoms with E-state index in [1.54, 1.807) is 47.4 Å². The lowest BCUT2D eigenvalue weighted by molar-refractivity contribution is -0.117. The van der Waals surface area contributed by atoms with Gasteiger partial charge in [0.2, 0.25) is 5.91 Å². The van der Waals surface area contributed by atoms with Crippen LogP contribution in [0.5, 0.6) is 0 Å². The van der Waals surface area contributed by atoms with E-state index in [0.29, 0.717) is 30.0 Å². The van der Waals surface area contributed by atoms with Crippen LogP contribution in [0.1, 0.15) is 34.5 Å². The molecule has 4 rings (SSSR count). The van der Waals surface area contributed by atoms with Gasteiger partial charge in [-0.05, 0) is 61.4 Å². The van der Waals surface area contributed by atoms with E-state index in [2.05, 4.69) is 10.6 Å². The third-order valence-electron chi connectivity index (χ3n) is 5.18. The zero-order valence-corrected chi connectivity index (χ0v) is 17.6. The fourth-order valence-corrected chi connectivity index (χ4v) is 3.60. The summed E-state index contributed by atoms with van der Waals surface area (Å²) in [6, 6.07) is 17.4. The molecule has 0 radical (unpaired) electrons. The fraction of sp³-hybridized carbons (Fsp3) is 0.160. The van der Waals surface area contributed by atoms with Crippen molar-refractivity contribution in [2.24, 2.45) is 0 Å². The van der Waals surface area contributed by atoms with Crippen molar-refractivity contribution in [2.45, 2.75) is 19.8 Å². The lowest BCUT2D eigenvalue weighted by Crippen LogP contribution is -2.30. The molecule has 0 spiro atoms. The molecular weight excluding hydrogens is 406 g/mol. The SMILES string of the molecule is Cc1cc(NC(=O)/C(=C/c2ccco2)NC(=O)c2ccccc2)ccc1N1CCCC1=O. The summed E-state index contributed by atoms with van der Waals surface area (Å²) in [7, 11) is 0. The van der Waals surface area contributed by atoms with Gasteiger partial charge in [-0.25, -0.2) is 0 Å². The van der Waals surface area contributed by atoms with Crippen molar-refractivity contribution in [3.8, 4) is 0 Å². The number of rotatable bonds is 6. The van der Waals surface area contributed by atoms with Crippen LogP contribution in [-0.4, -0.2) is 24.3 Å². The molecule has 0 bridgehead atoms. The second-order valence-corrected chi connectivity index (χ2v) is 7.50. The van der Waals surface area contributed by atoms with Gasteiger partial charge in [0.25, 0.3) is 11.8 Å². The summed E-state index contributed by atoms with van der Waals surface area (Å²) < 4.78 is 5.31. The Bertz CT molecular complexity index is 1170. The number of carbonyl (C=O) groups excluding carboxylic acids is 3. The van der Waals surface area contributed by atoms with E-state index in [1.165, 1.54) is 12.3 Å². The maximum Gasteiger partial charge on any atom is 0.272 e. The van der Waals surface area contributed by atoms with Crippen molar-refractivity contribution < 1.29 is 18.8 Å². The smallest absolute Gasteiger partial charge is 0.272 e. The molecule has 3 aromatic rings. The zero-order valence-electron chi connectivity index (χ0n) is 17.6. The standard InChI is InChI=1S/C25H23N3O4/c1-17-15-19(11-12-22(17)28-13-5-10-23(28)29)26-25(31)21(16-20-9-6-14-32-20)27-24(30)18-7-3-2-4-8-18/h2-4,6-9,11-12,14-16H,5,10,13H2,1H3,(H,26,31)(H,27,30)/b21-16-. The summed E-state index contributed by atoms with van der Waals surface area (Å²) in [6.45, 7) is 2.60. The molecule has 7 nitrogen and oxygen atoms in total. The Morgan fingerprint density at radius 3 is 2.53 bits per heavy atom. The molecule has 32 heavy (non-hydrogen) atoms. The largest absolute Gasteiger partial charge is 0.465 e. The van der Waals surface area contributed by atoms with E-state index < -0.39 is 11.8 Å². The van der Waals surface area contributed by atoms with Crippen LogP contribution >= 0.6 is 0 Å². The summed E-state index contributed by atoms with van der Waals surface area (Å²) in [5, 5.41) is 5.48. The van der Waals surface area contributed by atoms with Crippen molar-refractivity contribution in [3.63, 3.8) is 0 Å². The van der Waals surface area contributed by atoms with E-state index in [4.69, 9.17) is 4.42 Å². The van der Waals surface area contributed by atoms with Crippen LogP contribution in [0.4, 0.5) is 11.4 Å². The van der Waals surface area contributed by atoms with Gasteiger partial charge in [0.15, 0.2) is 0 Å². The summed E-state index contributed by atoms with van der Waals surface area (Å²) in [4.78, 5) is 39.4. The number of carbonyl (C=O) groups is 3. The Balaban J connectivity index is 1.54. The lowest BCUT2D eigenvalue weighted by atomic mass is 10.1. The highest BCUT2D eigenvalue weighted by atomic mass is 16.3. The number of furan rings is 1. The molecule has 0 atom stereocenters. The lowest BCUT2D eigenvalue weighted by Gasteiger charge is -2.19. The highest BCUT2D eigenvalue weighted by molar-refractivity contribution is 6.10. The van der Waals surface area contributed by atoms with E-state index >= 15 is 0 Å². The summed E-state index contributed by atoms with van der Waals surface area (Å²) >= 11 is 0. The third-order valence-corrected chi connectivity index (χ3v) is 5.18. The Morgan fingerprint density at radius 2 is 1.88 bits per heavy atom. The van der Waals surface area contributed by atoms with Crippen LogP contribution in [0.25, 0.3) is 6.08 Å². The molecule has 162 valence electrons. The van der Waals surface area contributed by atoms with Crippen LogP contribution in [0.2, 0.25) is 0 Å². The quantitative estimate of drug-likeness (QED) is 0.577. The van der Waals surface area contributed by atoms with Gasteiger partial charge in [0.1, 0.15) is 11.5 Å². The van der Waals surface area contributed by atoms with Gasteiger partial charge in [0.05, 0.1) is 6.26 Å². The minimum Gasteiger partial charge on any atom is -0.465 e. The van der Waals surface area contributed by atoms with Crippen LogP contribution in [-0.2, 0) is 9.59 Å². The molecule has 1 saturated heterocycles. The molecule has 1 aromatic heterocycles. The molecule has 0 aliphatic carbocycles. The van der Waals surface area contributed by atoms with Gasteiger partial charge in [0, 0.05) is 36.0 Å². The van der Waals surface area contributed by atoms with Gasteiger partial charge in [-0.3, -0.25) is 14.4 Å². The first kappa shape index (κ1) is 21.1.